The topological polar surface area (TPSA) is 35.5 Å². The van der Waals surface area contributed by atoms with Crippen molar-refractivity contribution in [3.63, 3.8) is 0 Å². The van der Waals surface area contributed by atoms with Gasteiger partial charge in [0, 0.05) is 11.1 Å². The second-order valence-corrected chi connectivity index (χ2v) is 12.3. The van der Waals surface area contributed by atoms with Gasteiger partial charge >= 0.3 is 0 Å². The maximum absolute atomic E-state index is 13.5. The Morgan fingerprint density at radius 3 is 2.31 bits per heavy atom. The number of carbonyl (C=O) groups is 1. The third kappa shape index (κ3) is 3.49. The highest BCUT2D eigenvalue weighted by Gasteiger charge is 2.54. The van der Waals surface area contributed by atoms with Crippen molar-refractivity contribution in [3.05, 3.63) is 34.3 Å². The lowest BCUT2D eigenvalue weighted by Gasteiger charge is -2.52. The van der Waals surface area contributed by atoms with Gasteiger partial charge < -0.3 is 9.47 Å². The second kappa shape index (κ2) is 8.06. The number of hydrogen-bond acceptors (Lipinski definition) is 3. The minimum Gasteiger partial charge on any atom is -0.500 e. The quantitative estimate of drug-likeness (QED) is 0.434. The van der Waals surface area contributed by atoms with Gasteiger partial charge in [0.2, 0.25) is 0 Å². The number of fused-ring (bicyclic) bond motifs is 1. The highest BCUT2D eigenvalue weighted by molar-refractivity contribution is 6.10. The van der Waals surface area contributed by atoms with Crippen LogP contribution in [0.25, 0.3) is 0 Å². The molecule has 32 heavy (non-hydrogen) atoms. The molecule has 1 aliphatic heterocycles. The molecule has 5 atom stereocenters. The first kappa shape index (κ1) is 23.6. The first-order chi connectivity index (χ1) is 14.9. The monoisotopic (exact) mass is 440 g/mol. The van der Waals surface area contributed by atoms with E-state index < -0.39 is 5.41 Å². The zero-order valence-corrected chi connectivity index (χ0v) is 21.8. The summed E-state index contributed by atoms with van der Waals surface area (Å²) in [4.78, 5) is 13.5. The summed E-state index contributed by atoms with van der Waals surface area (Å²) in [5, 5.41) is 0. The van der Waals surface area contributed by atoms with Crippen LogP contribution >= 0.6 is 0 Å². The van der Waals surface area contributed by atoms with Crippen molar-refractivity contribution in [1.29, 1.82) is 0 Å². The van der Waals surface area contributed by atoms with Gasteiger partial charge in [-0.25, -0.2) is 0 Å². The maximum Gasteiger partial charge on any atom is 0.191 e. The van der Waals surface area contributed by atoms with Crippen molar-refractivity contribution < 1.29 is 14.3 Å². The van der Waals surface area contributed by atoms with Crippen LogP contribution in [0, 0.1) is 40.9 Å². The number of ketones is 1. The molecule has 0 amide bonds. The number of ether oxygens (including phenoxy) is 2. The number of methoxy groups -OCH3 is 1. The van der Waals surface area contributed by atoms with E-state index in [-0.39, 0.29) is 17.3 Å². The fourth-order valence-electron chi connectivity index (χ4n) is 7.35. The molecule has 1 heterocycles. The molecule has 5 unspecified atom stereocenters. The second-order valence-electron chi connectivity index (χ2n) is 12.3. The van der Waals surface area contributed by atoms with Gasteiger partial charge in [0.25, 0.3) is 0 Å². The fraction of sp³-hybridized carbons (Fsp3) is 0.759. The molecule has 0 aromatic rings. The molecule has 3 heteroatoms. The van der Waals surface area contributed by atoms with Gasteiger partial charge in [-0.15, -0.1) is 0 Å². The van der Waals surface area contributed by atoms with Crippen LogP contribution in [0.3, 0.4) is 0 Å². The van der Waals surface area contributed by atoms with E-state index in [0.717, 1.165) is 41.4 Å². The average molecular weight is 441 g/mol. The molecule has 4 aliphatic rings. The molecular weight excluding hydrogens is 396 g/mol. The molecule has 0 saturated heterocycles. The summed E-state index contributed by atoms with van der Waals surface area (Å²) in [6.07, 6.45) is 8.34. The first-order valence-electron chi connectivity index (χ1n) is 12.9. The van der Waals surface area contributed by atoms with E-state index in [2.05, 4.69) is 54.5 Å². The minimum atomic E-state index is -0.435. The Labute approximate surface area is 195 Å². The third-order valence-electron chi connectivity index (χ3n) is 9.15. The molecule has 1 saturated carbocycles. The molecule has 1 spiro atoms. The summed E-state index contributed by atoms with van der Waals surface area (Å²) in [7, 11) is 1.68. The van der Waals surface area contributed by atoms with Crippen LogP contribution < -0.4 is 0 Å². The van der Waals surface area contributed by atoms with E-state index in [1.165, 1.54) is 19.3 Å². The summed E-state index contributed by atoms with van der Waals surface area (Å²) in [6, 6.07) is 0. The van der Waals surface area contributed by atoms with Gasteiger partial charge in [0.05, 0.1) is 12.5 Å². The van der Waals surface area contributed by atoms with Gasteiger partial charge in [-0.1, -0.05) is 40.2 Å². The molecule has 0 aromatic heterocycles. The average Bonchev–Trinajstić information content (AvgIpc) is 2.72. The van der Waals surface area contributed by atoms with E-state index in [9.17, 15) is 4.79 Å². The molecule has 3 nitrogen and oxygen atoms in total. The standard InChI is InChI=1S/C29H44O3/c1-16(2)20-11-10-18(5)21-12-13-29(15-23(20)21)14-22(17(3)4)24-25(30)19(6)26(31-9)28(7,8)27(24)32-29/h15-18,20-22H,10-14H2,1-9H3. The maximum atomic E-state index is 13.5. The van der Waals surface area contributed by atoms with Gasteiger partial charge in [-0.2, -0.15) is 0 Å². The number of Topliss-reactive ketones (excluding diaryl/α,β-unsaturated/α-hetero) is 1. The number of hydrogen-bond donors (Lipinski definition) is 0. The van der Waals surface area contributed by atoms with Gasteiger partial charge in [0.1, 0.15) is 17.1 Å². The van der Waals surface area contributed by atoms with Crippen molar-refractivity contribution >= 4 is 5.78 Å². The van der Waals surface area contributed by atoms with Crippen LogP contribution in [0.1, 0.15) is 87.5 Å². The smallest absolute Gasteiger partial charge is 0.191 e. The van der Waals surface area contributed by atoms with E-state index >= 15 is 0 Å². The van der Waals surface area contributed by atoms with Crippen LogP contribution in [0.5, 0.6) is 0 Å². The van der Waals surface area contributed by atoms with Crippen molar-refractivity contribution in [1.82, 2.24) is 0 Å². The molecule has 3 aliphatic carbocycles. The molecular formula is C29H44O3. The van der Waals surface area contributed by atoms with Crippen molar-refractivity contribution in [2.45, 2.75) is 93.1 Å². The highest BCUT2D eigenvalue weighted by atomic mass is 16.5. The van der Waals surface area contributed by atoms with Crippen LogP contribution in [-0.4, -0.2) is 18.5 Å². The number of carbonyl (C=O) groups excluding carboxylic acids is 1. The summed E-state index contributed by atoms with van der Waals surface area (Å²) >= 11 is 0. The van der Waals surface area contributed by atoms with E-state index in [1.54, 1.807) is 12.7 Å². The van der Waals surface area contributed by atoms with Crippen molar-refractivity contribution in [2.75, 3.05) is 7.11 Å². The third-order valence-corrected chi connectivity index (χ3v) is 9.15. The SMILES string of the molecule is COC1=C(C)C(=O)C2=C(OC3(C=C4C(C(C)C)CCC(C)C4CC3)CC2C(C)C)C1(C)C. The summed E-state index contributed by atoms with van der Waals surface area (Å²) < 4.78 is 12.8. The predicted octanol–water partition coefficient (Wildman–Crippen LogP) is 7.24. The lowest BCUT2D eigenvalue weighted by atomic mass is 9.59. The Balaban J connectivity index is 1.84. The van der Waals surface area contributed by atoms with Crippen LogP contribution in [0.15, 0.2) is 34.3 Å². The lowest BCUT2D eigenvalue weighted by Crippen LogP contribution is -2.49. The van der Waals surface area contributed by atoms with E-state index in [4.69, 9.17) is 9.47 Å². The highest BCUT2D eigenvalue weighted by Crippen LogP contribution is 2.57. The molecule has 0 N–H and O–H groups in total. The largest absolute Gasteiger partial charge is 0.500 e. The zero-order valence-electron chi connectivity index (χ0n) is 21.8. The Morgan fingerprint density at radius 1 is 1.06 bits per heavy atom. The molecule has 0 radical (unpaired) electrons. The van der Waals surface area contributed by atoms with E-state index in [1.807, 2.05) is 6.92 Å². The summed E-state index contributed by atoms with van der Waals surface area (Å²) in [5.74, 6) is 5.11. The van der Waals surface area contributed by atoms with Gasteiger partial charge in [0.15, 0.2) is 5.78 Å². The Hall–Kier alpha value is -1.51. The minimum absolute atomic E-state index is 0.123. The fourth-order valence-corrected chi connectivity index (χ4v) is 7.35. The van der Waals surface area contributed by atoms with Gasteiger partial charge in [-0.05, 0) is 94.5 Å². The molecule has 1 fully saturated rings. The van der Waals surface area contributed by atoms with Crippen molar-refractivity contribution in [2.24, 2.45) is 40.9 Å². The van der Waals surface area contributed by atoms with Crippen molar-refractivity contribution in [3.8, 4) is 0 Å². The Kier molecular flexibility index (Phi) is 5.96. The predicted molar refractivity (Wildman–Crippen MR) is 130 cm³/mol. The molecule has 0 aromatic carbocycles. The van der Waals surface area contributed by atoms with Crippen LogP contribution in [0.2, 0.25) is 0 Å². The van der Waals surface area contributed by atoms with Crippen LogP contribution in [-0.2, 0) is 14.3 Å². The van der Waals surface area contributed by atoms with Gasteiger partial charge in [-0.3, -0.25) is 4.79 Å². The molecule has 4 rings (SSSR count). The Morgan fingerprint density at radius 2 is 1.72 bits per heavy atom. The Bertz CT molecular complexity index is 884. The molecule has 0 bridgehead atoms. The number of allylic oxidation sites excluding steroid dienone is 3. The number of rotatable bonds is 3. The first-order valence-corrected chi connectivity index (χ1v) is 12.9. The van der Waals surface area contributed by atoms with Crippen LogP contribution in [0.4, 0.5) is 0 Å². The van der Waals surface area contributed by atoms with E-state index in [0.29, 0.717) is 23.7 Å². The molecule has 178 valence electrons. The lowest BCUT2D eigenvalue weighted by molar-refractivity contribution is -0.117. The zero-order chi connectivity index (χ0) is 23.6. The summed E-state index contributed by atoms with van der Waals surface area (Å²) in [6.45, 7) is 17.9. The summed E-state index contributed by atoms with van der Waals surface area (Å²) in [5.41, 5.74) is 2.56. The normalized spacial score (nSPS) is 36.8.